The Morgan fingerprint density at radius 3 is 2.70 bits per heavy atom. The van der Waals surface area contributed by atoms with Gasteiger partial charge in [0.15, 0.2) is 0 Å². The van der Waals surface area contributed by atoms with Gasteiger partial charge in [0.2, 0.25) is 5.91 Å². The van der Waals surface area contributed by atoms with E-state index in [1.165, 1.54) is 0 Å². The van der Waals surface area contributed by atoms with Gasteiger partial charge in [-0.05, 0) is 30.4 Å². The van der Waals surface area contributed by atoms with E-state index in [-0.39, 0.29) is 5.91 Å². The summed E-state index contributed by atoms with van der Waals surface area (Å²) in [4.78, 5) is 26.1. The first-order valence-electron chi connectivity index (χ1n) is 6.70. The maximum absolute atomic E-state index is 11.8. The molecule has 1 saturated carbocycles. The van der Waals surface area contributed by atoms with E-state index in [9.17, 15) is 9.59 Å². The number of carbonyl (C=O) groups excluding carboxylic acids is 1. The summed E-state index contributed by atoms with van der Waals surface area (Å²) in [5, 5.41) is 12.9. The fraction of sp³-hybridized carbons (Fsp3) is 0.333. The van der Waals surface area contributed by atoms with Crippen LogP contribution in [0.3, 0.4) is 0 Å². The second kappa shape index (κ2) is 4.67. The molecule has 3 N–H and O–H groups in total. The van der Waals surface area contributed by atoms with Crippen LogP contribution in [0.2, 0.25) is 0 Å². The maximum atomic E-state index is 11.8. The summed E-state index contributed by atoms with van der Waals surface area (Å²) in [5.41, 5.74) is 0.949. The lowest BCUT2D eigenvalue weighted by Crippen LogP contribution is -2.37. The molecule has 1 heterocycles. The molecule has 104 valence electrons. The summed E-state index contributed by atoms with van der Waals surface area (Å²) in [6, 6.07) is 10.0. The molecule has 1 amide bonds. The van der Waals surface area contributed by atoms with Crippen LogP contribution in [0.15, 0.2) is 30.3 Å². The van der Waals surface area contributed by atoms with Gasteiger partial charge < -0.3 is 15.4 Å². The van der Waals surface area contributed by atoms with Crippen molar-refractivity contribution in [2.45, 2.75) is 19.3 Å². The van der Waals surface area contributed by atoms with E-state index >= 15 is 0 Å². The van der Waals surface area contributed by atoms with Gasteiger partial charge in [-0.2, -0.15) is 0 Å². The van der Waals surface area contributed by atoms with E-state index in [0.29, 0.717) is 25.8 Å². The van der Waals surface area contributed by atoms with Gasteiger partial charge >= 0.3 is 5.97 Å². The van der Waals surface area contributed by atoms with Gasteiger partial charge in [-0.15, -0.1) is 0 Å². The van der Waals surface area contributed by atoms with Crippen molar-refractivity contribution in [3.63, 3.8) is 0 Å². The first-order chi connectivity index (χ1) is 9.62. The average molecular weight is 272 g/mol. The topological polar surface area (TPSA) is 82.2 Å². The second-order valence-corrected chi connectivity index (χ2v) is 5.27. The number of para-hydroxylation sites is 1. The van der Waals surface area contributed by atoms with Gasteiger partial charge in [0, 0.05) is 24.2 Å². The van der Waals surface area contributed by atoms with Gasteiger partial charge in [0.25, 0.3) is 0 Å². The standard InChI is InChI=1S/C15H16N2O3/c18-13(15(6-7-15)14(19)20)16-8-5-11-9-10-3-1-2-4-12(10)17-11/h1-4,9,17H,5-8H2,(H,16,18)(H,19,20). The second-order valence-electron chi connectivity index (χ2n) is 5.27. The highest BCUT2D eigenvalue weighted by Gasteiger charge is 2.56. The number of aliphatic carboxylic acids is 1. The number of carboxylic acids is 1. The lowest BCUT2D eigenvalue weighted by Gasteiger charge is -2.10. The van der Waals surface area contributed by atoms with Crippen molar-refractivity contribution in [3.05, 3.63) is 36.0 Å². The first kappa shape index (κ1) is 12.7. The maximum Gasteiger partial charge on any atom is 0.319 e. The molecule has 1 aliphatic carbocycles. The SMILES string of the molecule is O=C(O)C1(C(=O)NCCc2cc3ccccc3[nH]2)CC1. The Balaban J connectivity index is 1.57. The summed E-state index contributed by atoms with van der Waals surface area (Å²) in [5.74, 6) is -1.37. The van der Waals surface area contributed by atoms with Gasteiger partial charge in [-0.25, -0.2) is 0 Å². The molecule has 2 aromatic rings. The molecule has 0 radical (unpaired) electrons. The van der Waals surface area contributed by atoms with Crippen LogP contribution < -0.4 is 5.32 Å². The average Bonchev–Trinajstić information content (AvgIpc) is 3.14. The summed E-state index contributed by atoms with van der Waals surface area (Å²) >= 11 is 0. The molecule has 3 rings (SSSR count). The molecule has 1 aliphatic rings. The molecule has 0 atom stereocenters. The highest BCUT2D eigenvalue weighted by atomic mass is 16.4. The number of H-pyrrole nitrogens is 1. The lowest BCUT2D eigenvalue weighted by molar-refractivity contribution is -0.149. The molecule has 1 aromatic carbocycles. The number of carbonyl (C=O) groups is 2. The summed E-state index contributed by atoms with van der Waals surface area (Å²) in [6.45, 7) is 0.445. The van der Waals surface area contributed by atoms with Gasteiger partial charge in [-0.3, -0.25) is 9.59 Å². The minimum absolute atomic E-state index is 0.360. The number of benzene rings is 1. The molecular formula is C15H16N2O3. The minimum Gasteiger partial charge on any atom is -0.480 e. The smallest absolute Gasteiger partial charge is 0.319 e. The third-order valence-corrected chi connectivity index (χ3v) is 3.86. The molecule has 1 fully saturated rings. The Bertz CT molecular complexity index is 638. The zero-order valence-corrected chi connectivity index (χ0v) is 11.0. The minimum atomic E-state index is -1.15. The van der Waals surface area contributed by atoms with Crippen molar-refractivity contribution in [1.29, 1.82) is 0 Å². The van der Waals surface area contributed by atoms with Crippen LogP contribution in [0.5, 0.6) is 0 Å². The number of fused-ring (bicyclic) bond motifs is 1. The number of hydrogen-bond donors (Lipinski definition) is 3. The quantitative estimate of drug-likeness (QED) is 0.724. The van der Waals surface area contributed by atoms with Crippen molar-refractivity contribution in [2.75, 3.05) is 6.54 Å². The highest BCUT2D eigenvalue weighted by Crippen LogP contribution is 2.46. The number of aromatic amines is 1. The number of rotatable bonds is 5. The zero-order valence-electron chi connectivity index (χ0n) is 11.0. The Hall–Kier alpha value is -2.30. The lowest BCUT2D eigenvalue weighted by atomic mass is 10.1. The number of hydrogen-bond acceptors (Lipinski definition) is 2. The molecule has 0 saturated heterocycles. The predicted molar refractivity (Wildman–Crippen MR) is 74.3 cm³/mol. The molecule has 5 heteroatoms. The molecule has 1 aromatic heterocycles. The molecule has 0 aliphatic heterocycles. The molecule has 0 bridgehead atoms. The number of amides is 1. The number of aromatic nitrogens is 1. The van der Waals surface area contributed by atoms with Gasteiger partial charge in [0.05, 0.1) is 0 Å². The summed E-state index contributed by atoms with van der Waals surface area (Å²) in [6.07, 6.45) is 1.55. The van der Waals surface area contributed by atoms with Crippen LogP contribution in [-0.4, -0.2) is 28.5 Å². The van der Waals surface area contributed by atoms with Crippen molar-refractivity contribution in [2.24, 2.45) is 5.41 Å². The highest BCUT2D eigenvalue weighted by molar-refractivity contribution is 6.04. The first-order valence-corrected chi connectivity index (χ1v) is 6.70. The number of nitrogens with one attached hydrogen (secondary N) is 2. The molecule has 0 unspecified atom stereocenters. The van der Waals surface area contributed by atoms with E-state index < -0.39 is 11.4 Å². The normalized spacial score (nSPS) is 16.0. The van der Waals surface area contributed by atoms with E-state index in [1.807, 2.05) is 30.3 Å². The van der Waals surface area contributed by atoms with Crippen molar-refractivity contribution >= 4 is 22.8 Å². The van der Waals surface area contributed by atoms with Gasteiger partial charge in [-0.1, -0.05) is 18.2 Å². The van der Waals surface area contributed by atoms with Crippen molar-refractivity contribution in [3.8, 4) is 0 Å². The molecule has 0 spiro atoms. The van der Waals surface area contributed by atoms with Gasteiger partial charge in [0.1, 0.15) is 5.41 Å². The van der Waals surface area contributed by atoms with Crippen LogP contribution in [-0.2, 0) is 16.0 Å². The fourth-order valence-corrected chi connectivity index (χ4v) is 2.41. The Morgan fingerprint density at radius 2 is 2.05 bits per heavy atom. The fourth-order valence-electron chi connectivity index (χ4n) is 2.41. The molecular weight excluding hydrogens is 256 g/mol. The summed E-state index contributed by atoms with van der Waals surface area (Å²) < 4.78 is 0. The number of carboxylic acid groups (broad SMARTS) is 1. The predicted octanol–water partition coefficient (Wildman–Crippen LogP) is 1.69. The van der Waals surface area contributed by atoms with Crippen LogP contribution in [0.25, 0.3) is 10.9 Å². The zero-order chi connectivity index (χ0) is 14.2. The Labute approximate surface area is 116 Å². The van der Waals surface area contributed by atoms with E-state index in [0.717, 1.165) is 16.6 Å². The van der Waals surface area contributed by atoms with Crippen molar-refractivity contribution < 1.29 is 14.7 Å². The van der Waals surface area contributed by atoms with Crippen LogP contribution in [0.1, 0.15) is 18.5 Å². The monoisotopic (exact) mass is 272 g/mol. The van der Waals surface area contributed by atoms with Crippen LogP contribution in [0, 0.1) is 5.41 Å². The molecule has 5 nitrogen and oxygen atoms in total. The van der Waals surface area contributed by atoms with E-state index in [1.54, 1.807) is 0 Å². The Kier molecular flexibility index (Phi) is 2.97. The summed E-state index contributed by atoms with van der Waals surface area (Å²) in [7, 11) is 0. The van der Waals surface area contributed by atoms with E-state index in [4.69, 9.17) is 5.11 Å². The third-order valence-electron chi connectivity index (χ3n) is 3.86. The van der Waals surface area contributed by atoms with Crippen molar-refractivity contribution in [1.82, 2.24) is 10.3 Å². The van der Waals surface area contributed by atoms with E-state index in [2.05, 4.69) is 10.3 Å². The largest absolute Gasteiger partial charge is 0.480 e. The molecule has 20 heavy (non-hydrogen) atoms. The Morgan fingerprint density at radius 1 is 1.30 bits per heavy atom. The van der Waals surface area contributed by atoms with Crippen LogP contribution >= 0.6 is 0 Å². The third kappa shape index (κ3) is 2.15. The van der Waals surface area contributed by atoms with Crippen LogP contribution in [0.4, 0.5) is 0 Å².